The summed E-state index contributed by atoms with van der Waals surface area (Å²) < 4.78 is 12.4. The Labute approximate surface area is 214 Å². The Hall–Kier alpha value is -4.97. The molecule has 4 aromatic carbocycles. The number of carbonyl (C=O) groups excluding carboxylic acids is 1. The fourth-order valence-corrected chi connectivity index (χ4v) is 4.36. The summed E-state index contributed by atoms with van der Waals surface area (Å²) in [7, 11) is 0. The van der Waals surface area contributed by atoms with Crippen molar-refractivity contribution in [1.29, 1.82) is 0 Å². The SMILES string of the molecule is CC(=O)N1N=C(c2cc(-c3ccccc3)nc3ccccc23)O[C@@H]1c1cccc(Oc2ccccc2)c1. The van der Waals surface area contributed by atoms with E-state index >= 15 is 0 Å². The highest BCUT2D eigenvalue weighted by atomic mass is 16.5. The first-order valence-electron chi connectivity index (χ1n) is 12.0. The third-order valence-corrected chi connectivity index (χ3v) is 6.10. The zero-order valence-electron chi connectivity index (χ0n) is 20.1. The number of fused-ring (bicyclic) bond motifs is 1. The summed E-state index contributed by atoms with van der Waals surface area (Å²) in [6.07, 6.45) is -0.723. The first kappa shape index (κ1) is 22.5. The number of para-hydroxylation sites is 2. The Bertz CT molecular complexity index is 1620. The highest BCUT2D eigenvalue weighted by molar-refractivity contribution is 6.08. The van der Waals surface area contributed by atoms with Crippen LogP contribution in [0.3, 0.4) is 0 Å². The lowest BCUT2D eigenvalue weighted by Gasteiger charge is -2.20. The Balaban J connectivity index is 1.39. The number of pyridine rings is 1. The zero-order chi connectivity index (χ0) is 25.2. The molecule has 0 bridgehead atoms. The van der Waals surface area contributed by atoms with Gasteiger partial charge in [0.25, 0.3) is 0 Å². The molecule has 1 atom stereocenters. The second kappa shape index (κ2) is 9.59. The Morgan fingerprint density at radius 3 is 2.30 bits per heavy atom. The van der Waals surface area contributed by atoms with Crippen molar-refractivity contribution in [3.8, 4) is 22.8 Å². The lowest BCUT2D eigenvalue weighted by molar-refractivity contribution is -0.135. The Morgan fingerprint density at radius 1 is 0.811 bits per heavy atom. The van der Waals surface area contributed by atoms with Gasteiger partial charge in [-0.15, -0.1) is 5.10 Å². The van der Waals surface area contributed by atoms with Crippen molar-refractivity contribution in [3.05, 3.63) is 126 Å². The molecule has 180 valence electrons. The molecule has 0 saturated heterocycles. The molecule has 1 aliphatic heterocycles. The number of hydrogen-bond acceptors (Lipinski definition) is 5. The highest BCUT2D eigenvalue weighted by Crippen LogP contribution is 2.35. The van der Waals surface area contributed by atoms with E-state index in [9.17, 15) is 4.79 Å². The fraction of sp³-hybridized carbons (Fsp3) is 0.0645. The third kappa shape index (κ3) is 4.52. The van der Waals surface area contributed by atoms with E-state index in [4.69, 9.17) is 14.5 Å². The van der Waals surface area contributed by atoms with Gasteiger partial charge in [0.15, 0.2) is 0 Å². The minimum Gasteiger partial charge on any atom is -0.457 e. The maximum atomic E-state index is 12.6. The molecule has 1 aliphatic rings. The molecule has 0 unspecified atom stereocenters. The van der Waals surface area contributed by atoms with Crippen LogP contribution in [-0.2, 0) is 9.53 Å². The number of hydrogen-bond donors (Lipinski definition) is 0. The molecule has 0 radical (unpaired) electrons. The largest absolute Gasteiger partial charge is 0.457 e. The van der Waals surface area contributed by atoms with Crippen molar-refractivity contribution < 1.29 is 14.3 Å². The zero-order valence-corrected chi connectivity index (χ0v) is 20.1. The Kier molecular flexibility index (Phi) is 5.83. The summed E-state index contributed by atoms with van der Waals surface area (Å²) in [5, 5.41) is 6.89. The second-order valence-corrected chi connectivity index (χ2v) is 8.66. The van der Waals surface area contributed by atoms with Crippen molar-refractivity contribution in [2.24, 2.45) is 5.10 Å². The molecule has 0 N–H and O–H groups in total. The summed E-state index contributed by atoms with van der Waals surface area (Å²) in [6.45, 7) is 1.48. The predicted octanol–water partition coefficient (Wildman–Crippen LogP) is 6.93. The molecular formula is C31H23N3O3. The van der Waals surface area contributed by atoms with Gasteiger partial charge in [-0.1, -0.05) is 78.9 Å². The number of ether oxygens (including phenoxy) is 2. The van der Waals surface area contributed by atoms with Crippen LogP contribution in [0.2, 0.25) is 0 Å². The van der Waals surface area contributed by atoms with Gasteiger partial charge in [-0.3, -0.25) is 4.79 Å². The number of hydrazone groups is 1. The van der Waals surface area contributed by atoms with Gasteiger partial charge < -0.3 is 9.47 Å². The lowest BCUT2D eigenvalue weighted by atomic mass is 10.0. The van der Waals surface area contributed by atoms with E-state index in [2.05, 4.69) is 5.10 Å². The monoisotopic (exact) mass is 485 g/mol. The topological polar surface area (TPSA) is 64.0 Å². The molecule has 37 heavy (non-hydrogen) atoms. The average Bonchev–Trinajstić information content (AvgIpc) is 3.40. The van der Waals surface area contributed by atoms with Crippen molar-refractivity contribution in [2.45, 2.75) is 13.2 Å². The molecule has 1 amide bonds. The third-order valence-electron chi connectivity index (χ3n) is 6.10. The fourth-order valence-electron chi connectivity index (χ4n) is 4.36. The maximum Gasteiger partial charge on any atom is 0.243 e. The summed E-state index contributed by atoms with van der Waals surface area (Å²) in [6, 6.07) is 36.8. The van der Waals surface area contributed by atoms with Gasteiger partial charge in [0.1, 0.15) is 11.5 Å². The van der Waals surface area contributed by atoms with E-state index in [1.54, 1.807) is 0 Å². The van der Waals surface area contributed by atoms with Crippen LogP contribution in [0.25, 0.3) is 22.2 Å². The molecule has 2 heterocycles. The van der Waals surface area contributed by atoms with Gasteiger partial charge in [0, 0.05) is 29.0 Å². The molecule has 0 aliphatic carbocycles. The number of rotatable bonds is 5. The number of nitrogens with zero attached hydrogens (tertiary/aromatic N) is 3. The minimum atomic E-state index is -0.723. The van der Waals surface area contributed by atoms with Crippen LogP contribution in [0, 0.1) is 0 Å². The molecule has 6 rings (SSSR count). The minimum absolute atomic E-state index is 0.226. The van der Waals surface area contributed by atoms with E-state index in [0.29, 0.717) is 11.6 Å². The standard InChI is InChI=1S/C31H23N3O3/c1-21(35)34-31(23-13-10-16-25(19-23)36-24-14-6-3-7-15-24)37-30(33-34)27-20-29(22-11-4-2-5-12-22)32-28-18-9-8-17-26(27)28/h2-20,31H,1H3/t31-/m1/s1. The number of aromatic nitrogens is 1. The van der Waals surface area contributed by atoms with Crippen LogP contribution in [0.15, 0.2) is 120 Å². The summed E-state index contributed by atoms with van der Waals surface area (Å²) in [4.78, 5) is 17.5. The summed E-state index contributed by atoms with van der Waals surface area (Å²) in [5.74, 6) is 1.51. The number of carbonyl (C=O) groups is 1. The van der Waals surface area contributed by atoms with Gasteiger partial charge in [0.2, 0.25) is 18.0 Å². The van der Waals surface area contributed by atoms with Crippen LogP contribution in [-0.4, -0.2) is 21.8 Å². The number of benzene rings is 4. The first-order valence-corrected chi connectivity index (χ1v) is 12.0. The molecule has 0 fully saturated rings. The second-order valence-electron chi connectivity index (χ2n) is 8.66. The summed E-state index contributed by atoms with van der Waals surface area (Å²) >= 11 is 0. The van der Waals surface area contributed by atoms with Gasteiger partial charge >= 0.3 is 0 Å². The Morgan fingerprint density at radius 2 is 1.51 bits per heavy atom. The molecule has 0 spiro atoms. The quantitative estimate of drug-likeness (QED) is 0.271. The lowest BCUT2D eigenvalue weighted by Crippen LogP contribution is -2.25. The molecule has 1 aromatic heterocycles. The average molecular weight is 486 g/mol. The van der Waals surface area contributed by atoms with Crippen LogP contribution >= 0.6 is 0 Å². The van der Waals surface area contributed by atoms with Gasteiger partial charge in [0.05, 0.1) is 11.2 Å². The molecule has 6 heteroatoms. The molecule has 6 nitrogen and oxygen atoms in total. The number of amides is 1. The van der Waals surface area contributed by atoms with Crippen LogP contribution < -0.4 is 4.74 Å². The predicted molar refractivity (Wildman–Crippen MR) is 143 cm³/mol. The van der Waals surface area contributed by atoms with E-state index in [1.807, 2.05) is 115 Å². The van der Waals surface area contributed by atoms with E-state index < -0.39 is 6.23 Å². The van der Waals surface area contributed by atoms with Gasteiger partial charge in [-0.2, -0.15) is 5.01 Å². The van der Waals surface area contributed by atoms with Crippen molar-refractivity contribution in [3.63, 3.8) is 0 Å². The van der Waals surface area contributed by atoms with Gasteiger partial charge in [-0.25, -0.2) is 4.98 Å². The maximum absolute atomic E-state index is 12.6. The van der Waals surface area contributed by atoms with Crippen LogP contribution in [0.5, 0.6) is 11.5 Å². The molecule has 5 aromatic rings. The van der Waals surface area contributed by atoms with Crippen LogP contribution in [0.1, 0.15) is 24.3 Å². The smallest absolute Gasteiger partial charge is 0.243 e. The van der Waals surface area contributed by atoms with Crippen LogP contribution in [0.4, 0.5) is 0 Å². The molecule has 0 saturated carbocycles. The van der Waals surface area contributed by atoms with Crippen molar-refractivity contribution in [2.75, 3.05) is 0 Å². The van der Waals surface area contributed by atoms with Crippen molar-refractivity contribution in [1.82, 2.24) is 9.99 Å². The summed E-state index contributed by atoms with van der Waals surface area (Å²) in [5.41, 5.74) is 4.13. The van der Waals surface area contributed by atoms with Crippen molar-refractivity contribution >= 4 is 22.7 Å². The molecular weight excluding hydrogens is 462 g/mol. The van der Waals surface area contributed by atoms with E-state index in [1.165, 1.54) is 11.9 Å². The highest BCUT2D eigenvalue weighted by Gasteiger charge is 2.34. The van der Waals surface area contributed by atoms with Gasteiger partial charge in [-0.05, 0) is 36.4 Å². The normalized spacial score (nSPS) is 14.8. The first-order chi connectivity index (χ1) is 18.2. The van der Waals surface area contributed by atoms with E-state index in [0.717, 1.165) is 39.0 Å². The van der Waals surface area contributed by atoms with E-state index in [-0.39, 0.29) is 5.91 Å².